The van der Waals surface area contributed by atoms with Crippen molar-refractivity contribution in [3.63, 3.8) is 0 Å². The van der Waals surface area contributed by atoms with E-state index in [9.17, 15) is 4.79 Å². The van der Waals surface area contributed by atoms with Crippen LogP contribution in [0.15, 0.2) is 42.6 Å². The molecule has 98 valence electrons. The molecule has 5 heteroatoms. The lowest BCUT2D eigenvalue weighted by molar-refractivity contribution is 0.0602. The summed E-state index contributed by atoms with van der Waals surface area (Å²) in [5, 5.41) is 3.15. The van der Waals surface area contributed by atoms with E-state index in [-0.39, 0.29) is 0 Å². The van der Waals surface area contributed by atoms with Crippen molar-refractivity contribution in [3.05, 3.63) is 53.9 Å². The number of rotatable bonds is 4. The van der Waals surface area contributed by atoms with Gasteiger partial charge in [0.25, 0.3) is 0 Å². The van der Waals surface area contributed by atoms with Crippen molar-refractivity contribution in [3.8, 4) is 0 Å². The molecule has 0 atom stereocenters. The number of aromatic nitrogens is 1. The summed E-state index contributed by atoms with van der Waals surface area (Å²) in [4.78, 5) is 15.7. The first-order chi connectivity index (χ1) is 9.22. The predicted molar refractivity (Wildman–Crippen MR) is 73.8 cm³/mol. The van der Waals surface area contributed by atoms with Crippen LogP contribution >= 0.6 is 0 Å². The lowest BCUT2D eigenvalue weighted by Gasteiger charge is -2.11. The van der Waals surface area contributed by atoms with Gasteiger partial charge >= 0.3 is 5.97 Å². The molecule has 0 aliphatic carbocycles. The molecule has 0 aliphatic heterocycles. The number of anilines is 2. The second-order valence-corrected chi connectivity index (χ2v) is 3.93. The van der Waals surface area contributed by atoms with Gasteiger partial charge in [0.15, 0.2) is 0 Å². The summed E-state index contributed by atoms with van der Waals surface area (Å²) >= 11 is 0. The molecule has 0 fully saturated rings. The Hall–Kier alpha value is -2.56. The van der Waals surface area contributed by atoms with E-state index in [4.69, 9.17) is 5.73 Å². The Labute approximate surface area is 111 Å². The number of pyridine rings is 1. The Bertz CT molecular complexity index is 570. The zero-order chi connectivity index (χ0) is 13.7. The summed E-state index contributed by atoms with van der Waals surface area (Å²) in [5.74, 6) is -0.445. The lowest BCUT2D eigenvalue weighted by Crippen LogP contribution is -2.09. The van der Waals surface area contributed by atoms with Gasteiger partial charge in [-0.15, -0.1) is 0 Å². The van der Waals surface area contributed by atoms with Gasteiger partial charge in [-0.1, -0.05) is 12.1 Å². The van der Waals surface area contributed by atoms with Crippen molar-refractivity contribution in [1.29, 1.82) is 0 Å². The quantitative estimate of drug-likeness (QED) is 0.647. The highest BCUT2D eigenvalue weighted by Gasteiger charge is 2.12. The van der Waals surface area contributed by atoms with E-state index in [2.05, 4.69) is 15.0 Å². The summed E-state index contributed by atoms with van der Waals surface area (Å²) in [6.45, 7) is 0.537. The molecular weight excluding hydrogens is 242 g/mol. The predicted octanol–water partition coefficient (Wildman–Crippen LogP) is 2.06. The molecule has 0 aliphatic rings. The Morgan fingerprint density at radius 3 is 2.84 bits per heavy atom. The molecule has 19 heavy (non-hydrogen) atoms. The minimum Gasteiger partial charge on any atom is -0.465 e. The van der Waals surface area contributed by atoms with Crippen molar-refractivity contribution >= 4 is 17.3 Å². The fourth-order valence-electron chi connectivity index (χ4n) is 1.70. The maximum absolute atomic E-state index is 11.5. The summed E-state index contributed by atoms with van der Waals surface area (Å²) in [6, 6.07) is 10.9. The molecule has 5 nitrogen and oxygen atoms in total. The van der Waals surface area contributed by atoms with Gasteiger partial charge in [-0.05, 0) is 24.3 Å². The number of hydrogen-bond donors (Lipinski definition) is 2. The third-order valence-electron chi connectivity index (χ3n) is 2.70. The number of para-hydroxylation sites is 1. The molecule has 0 unspecified atom stereocenters. The number of carbonyl (C=O) groups excluding carboxylic acids is 1. The van der Waals surface area contributed by atoms with Crippen LogP contribution in [0.3, 0.4) is 0 Å². The zero-order valence-electron chi connectivity index (χ0n) is 10.6. The molecule has 2 rings (SSSR count). The number of hydrogen-bond acceptors (Lipinski definition) is 5. The van der Waals surface area contributed by atoms with Gasteiger partial charge in [-0.25, -0.2) is 4.79 Å². The van der Waals surface area contributed by atoms with Gasteiger partial charge in [-0.3, -0.25) is 4.98 Å². The van der Waals surface area contributed by atoms with Crippen LogP contribution in [0.1, 0.15) is 16.1 Å². The average Bonchev–Trinajstić information content (AvgIpc) is 2.46. The van der Waals surface area contributed by atoms with E-state index in [0.29, 0.717) is 23.5 Å². The third-order valence-corrected chi connectivity index (χ3v) is 2.70. The van der Waals surface area contributed by atoms with Gasteiger partial charge in [-0.2, -0.15) is 0 Å². The first-order valence-corrected chi connectivity index (χ1v) is 5.83. The lowest BCUT2D eigenvalue weighted by atomic mass is 10.1. The van der Waals surface area contributed by atoms with Gasteiger partial charge < -0.3 is 15.8 Å². The largest absolute Gasteiger partial charge is 0.465 e. The van der Waals surface area contributed by atoms with Crippen molar-refractivity contribution in [2.24, 2.45) is 0 Å². The number of nitrogens with zero attached hydrogens (tertiary/aromatic N) is 1. The maximum Gasteiger partial charge on any atom is 0.340 e. The topological polar surface area (TPSA) is 77.2 Å². The molecule has 0 radical (unpaired) electrons. The summed E-state index contributed by atoms with van der Waals surface area (Å²) in [7, 11) is 1.33. The van der Waals surface area contributed by atoms with E-state index in [0.717, 1.165) is 5.69 Å². The smallest absolute Gasteiger partial charge is 0.340 e. The van der Waals surface area contributed by atoms with Crippen LogP contribution in [-0.4, -0.2) is 18.1 Å². The second kappa shape index (κ2) is 5.86. The molecular formula is C14H15N3O2. The van der Waals surface area contributed by atoms with Crippen LogP contribution in [-0.2, 0) is 11.3 Å². The van der Waals surface area contributed by atoms with E-state index in [1.807, 2.05) is 24.3 Å². The molecule has 1 aromatic carbocycles. The molecule has 1 aromatic heterocycles. The van der Waals surface area contributed by atoms with Crippen molar-refractivity contribution in [2.75, 3.05) is 18.2 Å². The molecule has 1 heterocycles. The number of nitrogen functional groups attached to an aromatic ring is 1. The summed E-state index contributed by atoms with van der Waals surface area (Å²) in [6.07, 6.45) is 1.73. The second-order valence-electron chi connectivity index (χ2n) is 3.93. The first-order valence-electron chi connectivity index (χ1n) is 5.83. The minimum atomic E-state index is -0.445. The van der Waals surface area contributed by atoms with Gasteiger partial charge in [0, 0.05) is 6.20 Å². The third kappa shape index (κ3) is 3.01. The fraction of sp³-hybridized carbons (Fsp3) is 0.143. The molecule has 0 spiro atoms. The number of nitrogens with one attached hydrogen (secondary N) is 1. The summed E-state index contributed by atoms with van der Waals surface area (Å²) < 4.78 is 4.68. The maximum atomic E-state index is 11.5. The highest BCUT2D eigenvalue weighted by Crippen LogP contribution is 2.23. The molecule has 0 saturated heterocycles. The van der Waals surface area contributed by atoms with Crippen molar-refractivity contribution in [2.45, 2.75) is 6.54 Å². The highest BCUT2D eigenvalue weighted by atomic mass is 16.5. The molecule has 0 amide bonds. The minimum absolute atomic E-state index is 0.355. The zero-order valence-corrected chi connectivity index (χ0v) is 10.6. The van der Waals surface area contributed by atoms with E-state index < -0.39 is 5.97 Å². The Morgan fingerprint density at radius 2 is 2.16 bits per heavy atom. The Morgan fingerprint density at radius 1 is 1.32 bits per heavy atom. The SMILES string of the molecule is COC(=O)c1cccc(NCc2ccccn2)c1N. The van der Waals surface area contributed by atoms with Crippen LogP contribution < -0.4 is 11.1 Å². The molecule has 2 aromatic rings. The highest BCUT2D eigenvalue weighted by molar-refractivity contribution is 5.98. The fourth-order valence-corrected chi connectivity index (χ4v) is 1.70. The first kappa shape index (κ1) is 12.9. The van der Waals surface area contributed by atoms with Crippen LogP contribution in [0.25, 0.3) is 0 Å². The molecule has 0 saturated carbocycles. The van der Waals surface area contributed by atoms with E-state index >= 15 is 0 Å². The normalized spacial score (nSPS) is 9.95. The van der Waals surface area contributed by atoms with Crippen LogP contribution in [0.5, 0.6) is 0 Å². The summed E-state index contributed by atoms with van der Waals surface area (Å²) in [5.41, 5.74) is 8.26. The number of methoxy groups -OCH3 is 1. The van der Waals surface area contributed by atoms with E-state index in [1.54, 1.807) is 18.3 Å². The molecule has 0 bridgehead atoms. The number of benzene rings is 1. The van der Waals surface area contributed by atoms with Gasteiger partial charge in [0.2, 0.25) is 0 Å². The van der Waals surface area contributed by atoms with Crippen LogP contribution in [0, 0.1) is 0 Å². The van der Waals surface area contributed by atoms with Gasteiger partial charge in [0.1, 0.15) is 0 Å². The van der Waals surface area contributed by atoms with Crippen LogP contribution in [0.4, 0.5) is 11.4 Å². The Kier molecular flexibility index (Phi) is 3.97. The van der Waals surface area contributed by atoms with E-state index in [1.165, 1.54) is 7.11 Å². The number of ether oxygens (including phenoxy) is 1. The van der Waals surface area contributed by atoms with Crippen molar-refractivity contribution in [1.82, 2.24) is 4.98 Å². The Balaban J connectivity index is 2.15. The molecule has 3 N–H and O–H groups in total. The number of esters is 1. The monoisotopic (exact) mass is 257 g/mol. The van der Waals surface area contributed by atoms with Crippen LogP contribution in [0.2, 0.25) is 0 Å². The number of carbonyl (C=O) groups is 1. The number of nitrogens with two attached hydrogens (primary N) is 1. The standard InChI is InChI=1S/C14H15N3O2/c1-19-14(18)11-6-4-7-12(13(11)15)17-9-10-5-2-3-8-16-10/h2-8,17H,9,15H2,1H3. The van der Waals surface area contributed by atoms with Crippen molar-refractivity contribution < 1.29 is 9.53 Å². The van der Waals surface area contributed by atoms with Gasteiger partial charge in [0.05, 0.1) is 36.3 Å². The average molecular weight is 257 g/mol.